The Morgan fingerprint density at radius 3 is 2.79 bits per heavy atom. The van der Waals surface area contributed by atoms with E-state index < -0.39 is 0 Å². The second-order valence-corrected chi connectivity index (χ2v) is 7.17. The van der Waals surface area contributed by atoms with Gasteiger partial charge < -0.3 is 14.4 Å². The topological polar surface area (TPSA) is 67.5 Å². The van der Waals surface area contributed by atoms with E-state index in [2.05, 4.69) is 17.1 Å². The van der Waals surface area contributed by atoms with E-state index in [0.717, 1.165) is 49.2 Å². The fraction of sp³-hybridized carbons (Fsp3) is 0.778. The van der Waals surface area contributed by atoms with Crippen molar-refractivity contribution in [3.8, 4) is 0 Å². The van der Waals surface area contributed by atoms with Crippen molar-refractivity contribution in [3.05, 3.63) is 17.0 Å². The molecule has 1 aliphatic heterocycles. The zero-order chi connectivity index (χ0) is 17.3. The number of ether oxygens (including phenoxy) is 2. The predicted molar refractivity (Wildman–Crippen MR) is 90.9 cm³/mol. The van der Waals surface area contributed by atoms with Gasteiger partial charge in [0.1, 0.15) is 0 Å². The Morgan fingerprint density at radius 2 is 2.17 bits per heavy atom. The second-order valence-electron chi connectivity index (χ2n) is 7.17. The third-order valence-corrected chi connectivity index (χ3v) is 6.12. The Kier molecular flexibility index (Phi) is 4.97. The van der Waals surface area contributed by atoms with E-state index in [1.807, 2.05) is 11.8 Å². The zero-order valence-corrected chi connectivity index (χ0v) is 15.2. The molecule has 1 N–H and O–H groups in total. The molecular formula is C18H29N3O3. The number of carbonyl (C=O) groups excluding carboxylic acids is 1. The van der Waals surface area contributed by atoms with Gasteiger partial charge in [-0.15, -0.1) is 0 Å². The third-order valence-electron chi connectivity index (χ3n) is 6.12. The van der Waals surface area contributed by atoms with E-state index in [4.69, 9.17) is 9.47 Å². The number of methoxy groups -OCH3 is 2. The molecule has 1 aliphatic carbocycles. The molecule has 24 heavy (non-hydrogen) atoms. The summed E-state index contributed by atoms with van der Waals surface area (Å²) in [5.41, 5.74) is 3.06. The number of nitrogens with zero attached hydrogens (tertiary/aromatic N) is 2. The highest BCUT2D eigenvalue weighted by atomic mass is 16.5. The van der Waals surface area contributed by atoms with Crippen molar-refractivity contribution < 1.29 is 14.3 Å². The van der Waals surface area contributed by atoms with E-state index in [1.54, 1.807) is 14.2 Å². The molecule has 134 valence electrons. The van der Waals surface area contributed by atoms with Crippen LogP contribution < -0.4 is 0 Å². The summed E-state index contributed by atoms with van der Waals surface area (Å²) in [4.78, 5) is 14.9. The van der Waals surface area contributed by atoms with Crippen molar-refractivity contribution >= 4 is 5.91 Å². The number of nitrogens with one attached hydrogen (secondary N) is 1. The molecule has 2 aliphatic rings. The van der Waals surface area contributed by atoms with Gasteiger partial charge in [-0.1, -0.05) is 0 Å². The molecule has 1 amide bonds. The molecule has 1 saturated carbocycles. The van der Waals surface area contributed by atoms with E-state index in [0.29, 0.717) is 12.8 Å². The van der Waals surface area contributed by atoms with Crippen LogP contribution in [0.1, 0.15) is 49.1 Å². The summed E-state index contributed by atoms with van der Waals surface area (Å²) in [6.07, 6.45) is 5.18. The molecule has 0 bridgehead atoms. The van der Waals surface area contributed by atoms with Crippen molar-refractivity contribution in [2.75, 3.05) is 20.8 Å². The maximum atomic E-state index is 12.8. The highest BCUT2D eigenvalue weighted by Crippen LogP contribution is 2.43. The molecule has 1 saturated heterocycles. The summed E-state index contributed by atoms with van der Waals surface area (Å²) in [5, 5.41) is 7.30. The standard InChI is InChI=1S/C18H29N3O3/c1-12-13(2)19-20-15(12)5-6-17(22)21-10-9-18(24-4)8-7-14(23-3)11-16(18)21/h14,16H,5-11H2,1-4H3,(H,19,20)/t14-,16+,18-/m1/s1. The van der Waals surface area contributed by atoms with Gasteiger partial charge in [0.05, 0.1) is 23.4 Å². The number of rotatable bonds is 5. The Morgan fingerprint density at radius 1 is 1.38 bits per heavy atom. The van der Waals surface area contributed by atoms with E-state index in [9.17, 15) is 4.79 Å². The molecule has 0 aromatic carbocycles. The predicted octanol–water partition coefficient (Wildman–Crippen LogP) is 2.14. The van der Waals surface area contributed by atoms with Crippen LogP contribution in [-0.2, 0) is 20.7 Å². The van der Waals surface area contributed by atoms with Crippen LogP contribution in [0.5, 0.6) is 0 Å². The first-order chi connectivity index (χ1) is 11.5. The fourth-order valence-electron chi connectivity index (χ4n) is 4.32. The number of hydrogen-bond donors (Lipinski definition) is 1. The summed E-state index contributed by atoms with van der Waals surface area (Å²) in [5.74, 6) is 0.204. The number of fused-ring (bicyclic) bond motifs is 1. The molecule has 3 atom stereocenters. The minimum atomic E-state index is -0.177. The lowest BCUT2D eigenvalue weighted by atomic mass is 9.79. The zero-order valence-electron chi connectivity index (χ0n) is 15.2. The highest BCUT2D eigenvalue weighted by molar-refractivity contribution is 5.77. The Hall–Kier alpha value is -1.40. The van der Waals surface area contributed by atoms with Gasteiger partial charge in [-0.05, 0) is 45.1 Å². The fourth-order valence-corrected chi connectivity index (χ4v) is 4.32. The number of hydrogen-bond acceptors (Lipinski definition) is 4. The van der Waals surface area contributed by atoms with Crippen LogP contribution in [0.25, 0.3) is 0 Å². The van der Waals surface area contributed by atoms with Crippen molar-refractivity contribution in [2.24, 2.45) is 0 Å². The maximum absolute atomic E-state index is 12.8. The molecule has 0 spiro atoms. The van der Waals surface area contributed by atoms with Crippen LogP contribution in [-0.4, -0.2) is 59.5 Å². The van der Waals surface area contributed by atoms with E-state index in [-0.39, 0.29) is 23.7 Å². The molecule has 6 heteroatoms. The van der Waals surface area contributed by atoms with Crippen molar-refractivity contribution in [1.29, 1.82) is 0 Å². The number of aromatic amines is 1. The lowest BCUT2D eigenvalue weighted by Gasteiger charge is -2.43. The average molecular weight is 335 g/mol. The second kappa shape index (κ2) is 6.84. The van der Waals surface area contributed by atoms with Gasteiger partial charge in [-0.25, -0.2) is 0 Å². The lowest BCUT2D eigenvalue weighted by molar-refractivity contribution is -0.140. The van der Waals surface area contributed by atoms with Crippen LogP contribution in [0.15, 0.2) is 0 Å². The molecule has 0 radical (unpaired) electrons. The van der Waals surface area contributed by atoms with Gasteiger partial charge in [0, 0.05) is 39.3 Å². The largest absolute Gasteiger partial charge is 0.381 e. The normalized spacial score (nSPS) is 29.8. The molecule has 2 fully saturated rings. The molecule has 6 nitrogen and oxygen atoms in total. The smallest absolute Gasteiger partial charge is 0.223 e. The minimum Gasteiger partial charge on any atom is -0.381 e. The number of aromatic nitrogens is 2. The van der Waals surface area contributed by atoms with Crippen LogP contribution in [0.3, 0.4) is 0 Å². The van der Waals surface area contributed by atoms with E-state index in [1.165, 1.54) is 0 Å². The first kappa shape index (κ1) is 17.4. The number of H-pyrrole nitrogens is 1. The average Bonchev–Trinajstić information content (AvgIpc) is 3.14. The van der Waals surface area contributed by atoms with Gasteiger partial charge in [0.25, 0.3) is 0 Å². The molecule has 0 unspecified atom stereocenters. The minimum absolute atomic E-state index is 0.135. The van der Waals surface area contributed by atoms with Gasteiger partial charge in [-0.3, -0.25) is 9.89 Å². The Balaban J connectivity index is 1.67. The quantitative estimate of drug-likeness (QED) is 0.895. The van der Waals surface area contributed by atoms with Crippen molar-refractivity contribution in [3.63, 3.8) is 0 Å². The van der Waals surface area contributed by atoms with Gasteiger partial charge in [0.2, 0.25) is 5.91 Å². The monoisotopic (exact) mass is 335 g/mol. The Bertz CT molecular complexity index is 600. The third kappa shape index (κ3) is 2.97. The summed E-state index contributed by atoms with van der Waals surface area (Å²) in [6.45, 7) is 4.84. The molecule has 2 heterocycles. The van der Waals surface area contributed by atoms with Crippen molar-refractivity contribution in [2.45, 2.75) is 70.1 Å². The molecule has 1 aromatic heterocycles. The van der Waals surface area contributed by atoms with Crippen LogP contribution in [0.2, 0.25) is 0 Å². The number of carbonyl (C=O) groups is 1. The van der Waals surface area contributed by atoms with Gasteiger partial charge >= 0.3 is 0 Å². The number of aryl methyl sites for hydroxylation is 2. The summed E-state index contributed by atoms with van der Waals surface area (Å²) >= 11 is 0. The first-order valence-electron chi connectivity index (χ1n) is 8.88. The van der Waals surface area contributed by atoms with Crippen LogP contribution >= 0.6 is 0 Å². The van der Waals surface area contributed by atoms with Crippen LogP contribution in [0, 0.1) is 13.8 Å². The number of likely N-dealkylation sites (tertiary alicyclic amines) is 1. The van der Waals surface area contributed by atoms with Crippen molar-refractivity contribution in [1.82, 2.24) is 15.1 Å². The molecule has 3 rings (SSSR count). The van der Waals surface area contributed by atoms with Crippen LogP contribution in [0.4, 0.5) is 0 Å². The highest BCUT2D eigenvalue weighted by Gasteiger charge is 2.52. The van der Waals surface area contributed by atoms with Gasteiger partial charge in [0.15, 0.2) is 0 Å². The summed E-state index contributed by atoms with van der Waals surface area (Å²) < 4.78 is 11.5. The number of amides is 1. The van der Waals surface area contributed by atoms with E-state index >= 15 is 0 Å². The van der Waals surface area contributed by atoms with Gasteiger partial charge in [-0.2, -0.15) is 5.10 Å². The Labute approximate surface area is 143 Å². The molecule has 1 aromatic rings. The summed E-state index contributed by atoms with van der Waals surface area (Å²) in [6, 6.07) is 0.135. The summed E-state index contributed by atoms with van der Waals surface area (Å²) in [7, 11) is 3.54. The first-order valence-corrected chi connectivity index (χ1v) is 8.88. The lowest BCUT2D eigenvalue weighted by Crippen LogP contribution is -2.53. The SMILES string of the molecule is CO[C@@H]1CC[C@@]2(OC)CCN(C(=O)CCc3n[nH]c(C)c3C)[C@H]2C1. The maximum Gasteiger partial charge on any atom is 0.223 e. The molecular weight excluding hydrogens is 306 g/mol.